The molecule has 1 atom stereocenters. The topological polar surface area (TPSA) is 41.6 Å². The van der Waals surface area contributed by atoms with E-state index in [2.05, 4.69) is 32.2 Å². The average Bonchev–Trinajstić information content (AvgIpc) is 2.52. The maximum Gasteiger partial charge on any atom is 0.260 e. The molecule has 0 unspecified atom stereocenters. The number of nitrogens with zero attached hydrogens (tertiary/aromatic N) is 1. The molecule has 1 aromatic carbocycles. The van der Waals surface area contributed by atoms with Gasteiger partial charge in [0.15, 0.2) is 6.61 Å². The van der Waals surface area contributed by atoms with Crippen LogP contribution in [0.2, 0.25) is 0 Å². The molecule has 1 aliphatic rings. The van der Waals surface area contributed by atoms with Crippen molar-refractivity contribution >= 4 is 5.91 Å². The van der Waals surface area contributed by atoms with Crippen molar-refractivity contribution in [2.45, 2.75) is 39.0 Å². The lowest BCUT2D eigenvalue weighted by Gasteiger charge is -2.33. The molecule has 128 valence electrons. The first-order chi connectivity index (χ1) is 10.9. The van der Waals surface area contributed by atoms with Gasteiger partial charge >= 0.3 is 0 Å². The minimum absolute atomic E-state index is 0.00263. The van der Waals surface area contributed by atoms with Crippen LogP contribution in [0.25, 0.3) is 0 Å². The van der Waals surface area contributed by atoms with Crippen molar-refractivity contribution < 1.29 is 9.53 Å². The SMILES string of the molecule is CNC[C@H]1CCCN(C(=O)COc2ccccc2C(C)(C)C)C1. The number of carbonyl (C=O) groups excluding carboxylic acids is 1. The van der Waals surface area contributed by atoms with Gasteiger partial charge in [0.25, 0.3) is 5.91 Å². The zero-order valence-corrected chi connectivity index (χ0v) is 14.9. The summed E-state index contributed by atoms with van der Waals surface area (Å²) in [5.41, 5.74) is 1.14. The highest BCUT2D eigenvalue weighted by Gasteiger charge is 2.24. The number of hydrogen-bond acceptors (Lipinski definition) is 3. The van der Waals surface area contributed by atoms with Crippen molar-refractivity contribution in [3.8, 4) is 5.75 Å². The van der Waals surface area contributed by atoms with E-state index in [4.69, 9.17) is 4.74 Å². The molecule has 0 aliphatic carbocycles. The fraction of sp³-hybridized carbons (Fsp3) is 0.632. The second kappa shape index (κ2) is 7.82. The van der Waals surface area contributed by atoms with Crippen molar-refractivity contribution in [3.63, 3.8) is 0 Å². The number of para-hydroxylation sites is 1. The largest absolute Gasteiger partial charge is 0.483 e. The summed E-state index contributed by atoms with van der Waals surface area (Å²) in [6.07, 6.45) is 2.27. The maximum absolute atomic E-state index is 12.5. The van der Waals surface area contributed by atoms with Crippen LogP contribution in [-0.2, 0) is 10.2 Å². The number of nitrogens with one attached hydrogen (secondary N) is 1. The van der Waals surface area contributed by atoms with Crippen molar-refractivity contribution in [1.82, 2.24) is 10.2 Å². The average molecular weight is 318 g/mol. The number of amides is 1. The second-order valence-electron chi connectivity index (χ2n) is 7.44. The molecular formula is C19H30N2O2. The monoisotopic (exact) mass is 318 g/mol. The van der Waals surface area contributed by atoms with E-state index in [-0.39, 0.29) is 17.9 Å². The van der Waals surface area contributed by atoms with E-state index in [1.165, 1.54) is 6.42 Å². The van der Waals surface area contributed by atoms with Gasteiger partial charge in [-0.1, -0.05) is 39.0 Å². The third-order valence-electron chi connectivity index (χ3n) is 4.41. The van der Waals surface area contributed by atoms with Crippen LogP contribution in [0, 0.1) is 5.92 Å². The predicted molar refractivity (Wildman–Crippen MR) is 93.9 cm³/mol. The molecule has 1 N–H and O–H groups in total. The summed E-state index contributed by atoms with van der Waals surface area (Å²) in [6, 6.07) is 8.00. The van der Waals surface area contributed by atoms with Crippen LogP contribution in [0.5, 0.6) is 5.75 Å². The number of likely N-dealkylation sites (tertiary alicyclic amines) is 1. The molecule has 0 radical (unpaired) electrons. The van der Waals surface area contributed by atoms with E-state index in [0.29, 0.717) is 5.92 Å². The molecule has 1 fully saturated rings. The summed E-state index contributed by atoms with van der Waals surface area (Å²) in [4.78, 5) is 14.4. The Hall–Kier alpha value is -1.55. The number of hydrogen-bond donors (Lipinski definition) is 1. The molecule has 1 heterocycles. The van der Waals surface area contributed by atoms with E-state index in [9.17, 15) is 4.79 Å². The lowest BCUT2D eigenvalue weighted by atomic mass is 9.86. The van der Waals surface area contributed by atoms with Crippen LogP contribution in [0.3, 0.4) is 0 Å². The van der Waals surface area contributed by atoms with Gasteiger partial charge in [-0.3, -0.25) is 4.79 Å². The Bertz CT molecular complexity index is 520. The number of ether oxygens (including phenoxy) is 1. The van der Waals surface area contributed by atoms with Crippen LogP contribution >= 0.6 is 0 Å². The first-order valence-corrected chi connectivity index (χ1v) is 8.56. The van der Waals surface area contributed by atoms with Crippen molar-refractivity contribution in [1.29, 1.82) is 0 Å². The number of carbonyl (C=O) groups is 1. The Morgan fingerprint density at radius 3 is 2.78 bits per heavy atom. The lowest BCUT2D eigenvalue weighted by molar-refractivity contribution is -0.135. The zero-order chi connectivity index (χ0) is 16.9. The smallest absolute Gasteiger partial charge is 0.260 e. The fourth-order valence-corrected chi connectivity index (χ4v) is 3.19. The molecule has 4 nitrogen and oxygen atoms in total. The third-order valence-corrected chi connectivity index (χ3v) is 4.41. The standard InChI is InChI=1S/C19H30N2O2/c1-19(2,3)16-9-5-6-10-17(16)23-14-18(22)21-11-7-8-15(13-21)12-20-4/h5-6,9-10,15,20H,7-8,11-14H2,1-4H3/t15-/m1/s1. The summed E-state index contributed by atoms with van der Waals surface area (Å²) >= 11 is 0. The molecule has 0 spiro atoms. The highest BCUT2D eigenvalue weighted by Crippen LogP contribution is 2.31. The molecule has 0 aromatic heterocycles. The van der Waals surface area contributed by atoms with E-state index in [1.807, 2.05) is 30.1 Å². The Balaban J connectivity index is 1.95. The second-order valence-corrected chi connectivity index (χ2v) is 7.44. The molecule has 0 bridgehead atoms. The molecule has 23 heavy (non-hydrogen) atoms. The van der Waals surface area contributed by atoms with E-state index in [0.717, 1.165) is 37.4 Å². The van der Waals surface area contributed by atoms with Crippen LogP contribution in [-0.4, -0.2) is 44.1 Å². The quantitative estimate of drug-likeness (QED) is 0.908. The lowest BCUT2D eigenvalue weighted by Crippen LogP contribution is -2.44. The molecule has 1 aliphatic heterocycles. The summed E-state index contributed by atoms with van der Waals surface area (Å²) in [7, 11) is 1.97. The third kappa shape index (κ3) is 4.96. The van der Waals surface area contributed by atoms with Gasteiger partial charge in [-0.15, -0.1) is 0 Å². The molecule has 4 heteroatoms. The first-order valence-electron chi connectivity index (χ1n) is 8.56. The Morgan fingerprint density at radius 2 is 2.09 bits per heavy atom. The van der Waals surface area contributed by atoms with Gasteiger partial charge in [-0.2, -0.15) is 0 Å². The number of rotatable bonds is 5. The van der Waals surface area contributed by atoms with Crippen molar-refractivity contribution in [3.05, 3.63) is 29.8 Å². The molecule has 0 saturated carbocycles. The van der Waals surface area contributed by atoms with Gasteiger partial charge in [0, 0.05) is 13.1 Å². The first kappa shape index (κ1) is 17.8. The normalized spacial score (nSPS) is 18.8. The van der Waals surface area contributed by atoms with Gasteiger partial charge in [0.1, 0.15) is 5.75 Å². The van der Waals surface area contributed by atoms with Gasteiger partial charge in [0.05, 0.1) is 0 Å². The highest BCUT2D eigenvalue weighted by molar-refractivity contribution is 5.78. The van der Waals surface area contributed by atoms with Crippen LogP contribution in [0.1, 0.15) is 39.2 Å². The van der Waals surface area contributed by atoms with E-state index >= 15 is 0 Å². The maximum atomic E-state index is 12.5. The number of benzene rings is 1. The Labute approximate surface area is 140 Å². The van der Waals surface area contributed by atoms with Crippen LogP contribution < -0.4 is 10.1 Å². The molecular weight excluding hydrogens is 288 g/mol. The van der Waals surface area contributed by atoms with Gasteiger partial charge in [0.2, 0.25) is 0 Å². The van der Waals surface area contributed by atoms with Crippen molar-refractivity contribution in [2.75, 3.05) is 33.3 Å². The molecule has 2 rings (SSSR count). The summed E-state index contributed by atoms with van der Waals surface area (Å²) in [5.74, 6) is 1.46. The minimum atomic E-state index is 0.00263. The Kier molecular flexibility index (Phi) is 6.05. The number of piperidine rings is 1. The van der Waals surface area contributed by atoms with E-state index in [1.54, 1.807) is 0 Å². The summed E-state index contributed by atoms with van der Waals surface area (Å²) in [5, 5.41) is 3.21. The molecule has 1 aromatic rings. The van der Waals surface area contributed by atoms with Crippen LogP contribution in [0.4, 0.5) is 0 Å². The van der Waals surface area contributed by atoms with Gasteiger partial charge < -0.3 is 15.0 Å². The fourth-order valence-electron chi connectivity index (χ4n) is 3.19. The Morgan fingerprint density at radius 1 is 1.35 bits per heavy atom. The molecule has 1 saturated heterocycles. The summed E-state index contributed by atoms with van der Waals surface area (Å²) < 4.78 is 5.87. The highest BCUT2D eigenvalue weighted by atomic mass is 16.5. The van der Waals surface area contributed by atoms with Crippen LogP contribution in [0.15, 0.2) is 24.3 Å². The van der Waals surface area contributed by atoms with E-state index < -0.39 is 0 Å². The van der Waals surface area contributed by atoms with Gasteiger partial charge in [-0.05, 0) is 49.4 Å². The summed E-state index contributed by atoms with van der Waals surface area (Å²) in [6.45, 7) is 9.25. The predicted octanol–water partition coefficient (Wildman–Crippen LogP) is 2.82. The minimum Gasteiger partial charge on any atom is -0.483 e. The van der Waals surface area contributed by atoms with Crippen molar-refractivity contribution in [2.24, 2.45) is 5.92 Å². The molecule has 1 amide bonds. The van der Waals surface area contributed by atoms with Gasteiger partial charge in [-0.25, -0.2) is 0 Å². The zero-order valence-electron chi connectivity index (χ0n) is 14.9.